The fourth-order valence-corrected chi connectivity index (χ4v) is 2.12. The summed E-state index contributed by atoms with van der Waals surface area (Å²) in [5, 5.41) is 4.17. The molecule has 2 aromatic heterocycles. The third kappa shape index (κ3) is 1.45. The van der Waals surface area contributed by atoms with Crippen molar-refractivity contribution in [3.05, 3.63) is 48.4 Å². The third-order valence-corrected chi connectivity index (χ3v) is 2.85. The lowest BCUT2D eigenvalue weighted by molar-refractivity contribution is 0.905. The smallest absolute Gasteiger partial charge is 0.151 e. The average Bonchev–Trinajstić information content (AvgIpc) is 2.68. The molecular weight excluding hydrogens is 212 g/mol. The predicted octanol–water partition coefficient (Wildman–Crippen LogP) is 2.29. The number of aryl methyl sites for hydroxylation is 1. The zero-order chi connectivity index (χ0) is 11.8. The van der Waals surface area contributed by atoms with Crippen molar-refractivity contribution < 1.29 is 0 Å². The fraction of sp³-hybridized carbons (Fsp3) is 0.0769. The molecular formula is C13H12N4. The van der Waals surface area contributed by atoms with Crippen LogP contribution in [0.5, 0.6) is 0 Å². The number of fused-ring (bicyclic) bond motifs is 1. The second kappa shape index (κ2) is 3.59. The first kappa shape index (κ1) is 9.84. The van der Waals surface area contributed by atoms with Gasteiger partial charge in [0.25, 0.3) is 0 Å². The molecule has 3 rings (SSSR count). The van der Waals surface area contributed by atoms with E-state index in [4.69, 9.17) is 5.73 Å². The first-order chi connectivity index (χ1) is 8.27. The number of nitrogens with two attached hydrogens (primary N) is 1. The Labute approximate surface area is 98.7 Å². The van der Waals surface area contributed by atoms with Gasteiger partial charge in [0, 0.05) is 11.8 Å². The standard InChI is InChI=1S/C13H12N4/c1-9-7-17-12(13(14)15-8-16-17)11(9)10-5-3-2-4-6-10/h2-8H,1H3,(H2,14,15,16). The highest BCUT2D eigenvalue weighted by molar-refractivity contribution is 5.89. The molecule has 0 fully saturated rings. The summed E-state index contributed by atoms with van der Waals surface area (Å²) in [5.74, 6) is 0.506. The Bertz CT molecular complexity index is 670. The molecule has 0 amide bonds. The summed E-state index contributed by atoms with van der Waals surface area (Å²) in [7, 11) is 0. The van der Waals surface area contributed by atoms with Gasteiger partial charge in [-0.1, -0.05) is 30.3 Å². The quantitative estimate of drug-likeness (QED) is 0.690. The minimum Gasteiger partial charge on any atom is -0.382 e. The second-order valence-corrected chi connectivity index (χ2v) is 3.99. The molecule has 4 heteroatoms. The molecule has 0 aliphatic rings. The molecule has 4 nitrogen and oxygen atoms in total. The highest BCUT2D eigenvalue weighted by Gasteiger charge is 2.12. The van der Waals surface area contributed by atoms with Gasteiger partial charge in [-0.3, -0.25) is 0 Å². The van der Waals surface area contributed by atoms with Gasteiger partial charge in [-0.15, -0.1) is 0 Å². The van der Waals surface area contributed by atoms with Crippen molar-refractivity contribution in [3.8, 4) is 11.1 Å². The Hall–Kier alpha value is -2.36. The molecule has 0 bridgehead atoms. The fourth-order valence-electron chi connectivity index (χ4n) is 2.12. The maximum Gasteiger partial charge on any atom is 0.151 e. The lowest BCUT2D eigenvalue weighted by atomic mass is 10.0. The van der Waals surface area contributed by atoms with Crippen molar-refractivity contribution in [1.82, 2.24) is 14.6 Å². The van der Waals surface area contributed by atoms with E-state index in [1.807, 2.05) is 24.4 Å². The summed E-state index contributed by atoms with van der Waals surface area (Å²) in [4.78, 5) is 4.05. The van der Waals surface area contributed by atoms with Crippen molar-refractivity contribution in [2.45, 2.75) is 6.92 Å². The number of aromatic nitrogens is 3. The second-order valence-electron chi connectivity index (χ2n) is 3.99. The lowest BCUT2D eigenvalue weighted by Crippen LogP contribution is -1.98. The zero-order valence-corrected chi connectivity index (χ0v) is 9.46. The molecule has 0 saturated heterocycles. The van der Waals surface area contributed by atoms with Crippen LogP contribution in [-0.4, -0.2) is 14.6 Å². The van der Waals surface area contributed by atoms with E-state index in [2.05, 4.69) is 29.1 Å². The monoisotopic (exact) mass is 224 g/mol. The molecule has 0 atom stereocenters. The maximum absolute atomic E-state index is 5.94. The maximum atomic E-state index is 5.94. The number of rotatable bonds is 1. The lowest BCUT2D eigenvalue weighted by Gasteiger charge is -2.03. The van der Waals surface area contributed by atoms with Gasteiger partial charge >= 0.3 is 0 Å². The Balaban J connectivity index is 2.40. The molecule has 84 valence electrons. The summed E-state index contributed by atoms with van der Waals surface area (Å²) in [6.45, 7) is 2.05. The van der Waals surface area contributed by atoms with E-state index in [1.54, 1.807) is 4.52 Å². The Morgan fingerprint density at radius 2 is 1.94 bits per heavy atom. The van der Waals surface area contributed by atoms with Crippen molar-refractivity contribution in [1.29, 1.82) is 0 Å². The molecule has 2 heterocycles. The molecule has 0 saturated carbocycles. The zero-order valence-electron chi connectivity index (χ0n) is 9.46. The number of benzene rings is 1. The van der Waals surface area contributed by atoms with Gasteiger partial charge < -0.3 is 5.73 Å². The SMILES string of the molecule is Cc1cn2ncnc(N)c2c1-c1ccccc1. The van der Waals surface area contributed by atoms with Crippen LogP contribution in [0.1, 0.15) is 5.56 Å². The number of nitrogen functional groups attached to an aromatic ring is 1. The van der Waals surface area contributed by atoms with E-state index in [0.717, 1.165) is 22.2 Å². The van der Waals surface area contributed by atoms with Crippen LogP contribution >= 0.6 is 0 Å². The van der Waals surface area contributed by atoms with E-state index in [-0.39, 0.29) is 0 Å². The molecule has 0 unspecified atom stereocenters. The van der Waals surface area contributed by atoms with Crippen LogP contribution in [0.25, 0.3) is 16.6 Å². The Morgan fingerprint density at radius 3 is 2.71 bits per heavy atom. The van der Waals surface area contributed by atoms with Gasteiger partial charge in [0.15, 0.2) is 5.82 Å². The normalized spacial score (nSPS) is 10.9. The van der Waals surface area contributed by atoms with Crippen molar-refractivity contribution in [3.63, 3.8) is 0 Å². The van der Waals surface area contributed by atoms with Gasteiger partial charge in [-0.05, 0) is 18.1 Å². The van der Waals surface area contributed by atoms with Gasteiger partial charge in [0.2, 0.25) is 0 Å². The molecule has 1 aromatic carbocycles. The minimum absolute atomic E-state index is 0.506. The molecule has 3 aromatic rings. The van der Waals surface area contributed by atoms with E-state index >= 15 is 0 Å². The summed E-state index contributed by atoms with van der Waals surface area (Å²) in [6.07, 6.45) is 3.44. The van der Waals surface area contributed by atoms with Gasteiger partial charge in [0.05, 0.1) is 0 Å². The minimum atomic E-state index is 0.506. The summed E-state index contributed by atoms with van der Waals surface area (Å²) < 4.78 is 1.78. The summed E-state index contributed by atoms with van der Waals surface area (Å²) in [5.41, 5.74) is 10.2. The van der Waals surface area contributed by atoms with Crippen LogP contribution in [0.4, 0.5) is 5.82 Å². The third-order valence-electron chi connectivity index (χ3n) is 2.85. The van der Waals surface area contributed by atoms with Crippen LogP contribution in [0.15, 0.2) is 42.9 Å². The molecule has 0 radical (unpaired) electrons. The van der Waals surface area contributed by atoms with Crippen LogP contribution in [0, 0.1) is 6.92 Å². The Kier molecular flexibility index (Phi) is 2.08. The summed E-state index contributed by atoms with van der Waals surface area (Å²) >= 11 is 0. The van der Waals surface area contributed by atoms with Gasteiger partial charge in [0.1, 0.15) is 11.8 Å². The summed E-state index contributed by atoms with van der Waals surface area (Å²) in [6, 6.07) is 10.1. The number of anilines is 1. The predicted molar refractivity (Wildman–Crippen MR) is 67.6 cm³/mol. The topological polar surface area (TPSA) is 56.2 Å². The van der Waals surface area contributed by atoms with E-state index in [1.165, 1.54) is 6.33 Å². The van der Waals surface area contributed by atoms with Crippen LogP contribution in [0.2, 0.25) is 0 Å². The highest BCUT2D eigenvalue weighted by Crippen LogP contribution is 2.31. The number of nitrogens with zero attached hydrogens (tertiary/aromatic N) is 3. The van der Waals surface area contributed by atoms with Crippen molar-refractivity contribution in [2.75, 3.05) is 5.73 Å². The van der Waals surface area contributed by atoms with Crippen LogP contribution in [-0.2, 0) is 0 Å². The molecule has 0 aliphatic heterocycles. The van der Waals surface area contributed by atoms with E-state index in [0.29, 0.717) is 5.82 Å². The van der Waals surface area contributed by atoms with E-state index < -0.39 is 0 Å². The van der Waals surface area contributed by atoms with Gasteiger partial charge in [-0.2, -0.15) is 5.10 Å². The molecule has 0 aliphatic carbocycles. The Morgan fingerprint density at radius 1 is 1.18 bits per heavy atom. The molecule has 0 spiro atoms. The van der Waals surface area contributed by atoms with E-state index in [9.17, 15) is 0 Å². The number of hydrogen-bond acceptors (Lipinski definition) is 3. The highest BCUT2D eigenvalue weighted by atomic mass is 15.2. The van der Waals surface area contributed by atoms with Crippen LogP contribution in [0.3, 0.4) is 0 Å². The van der Waals surface area contributed by atoms with Gasteiger partial charge in [-0.25, -0.2) is 9.50 Å². The first-order valence-electron chi connectivity index (χ1n) is 5.41. The molecule has 17 heavy (non-hydrogen) atoms. The molecule has 2 N–H and O–H groups in total. The largest absolute Gasteiger partial charge is 0.382 e. The van der Waals surface area contributed by atoms with Crippen LogP contribution < -0.4 is 5.73 Å². The van der Waals surface area contributed by atoms with Crippen molar-refractivity contribution in [2.24, 2.45) is 0 Å². The average molecular weight is 224 g/mol. The van der Waals surface area contributed by atoms with Crippen molar-refractivity contribution >= 4 is 11.3 Å². The number of hydrogen-bond donors (Lipinski definition) is 1. The first-order valence-corrected chi connectivity index (χ1v) is 5.41.